The Hall–Kier alpha value is -2.53. The first-order valence-electron chi connectivity index (χ1n) is 7.45. The van der Waals surface area contributed by atoms with Crippen molar-refractivity contribution in [3.05, 3.63) is 54.7 Å². The van der Waals surface area contributed by atoms with E-state index in [1.165, 1.54) is 0 Å². The zero-order chi connectivity index (χ0) is 16.9. The van der Waals surface area contributed by atoms with E-state index in [9.17, 15) is 0 Å². The van der Waals surface area contributed by atoms with Crippen LogP contribution in [0.2, 0.25) is 0 Å². The average Bonchev–Trinajstić information content (AvgIpc) is 2.67. The van der Waals surface area contributed by atoms with Gasteiger partial charge < -0.3 is 9.47 Å². The minimum absolute atomic E-state index is 0.590. The van der Waals surface area contributed by atoms with Gasteiger partial charge in [-0.05, 0) is 42.2 Å². The summed E-state index contributed by atoms with van der Waals surface area (Å²) in [5.41, 5.74) is 3.64. The summed E-state index contributed by atoms with van der Waals surface area (Å²) >= 11 is 1.66. The Morgan fingerprint density at radius 3 is 2.29 bits per heavy atom. The second kappa shape index (κ2) is 7.36. The molecule has 3 rings (SSSR count). The second-order valence-electron chi connectivity index (χ2n) is 5.04. The van der Waals surface area contributed by atoms with Gasteiger partial charge in [0.15, 0.2) is 0 Å². The molecule has 0 atom stereocenters. The number of ether oxygens (including phenoxy) is 2. The van der Waals surface area contributed by atoms with Crippen molar-refractivity contribution in [1.29, 1.82) is 0 Å². The molecule has 0 bridgehead atoms. The van der Waals surface area contributed by atoms with Gasteiger partial charge in [0, 0.05) is 11.1 Å². The van der Waals surface area contributed by atoms with E-state index < -0.39 is 0 Å². The van der Waals surface area contributed by atoms with Gasteiger partial charge in [0.05, 0.1) is 31.2 Å². The van der Waals surface area contributed by atoms with Crippen molar-refractivity contribution in [2.75, 3.05) is 20.5 Å². The van der Waals surface area contributed by atoms with Crippen LogP contribution in [0.5, 0.6) is 11.6 Å². The van der Waals surface area contributed by atoms with Crippen LogP contribution >= 0.6 is 11.8 Å². The van der Waals surface area contributed by atoms with Crippen molar-refractivity contribution in [3.63, 3.8) is 0 Å². The fraction of sp³-hybridized carbons (Fsp3) is 0.158. The van der Waals surface area contributed by atoms with Crippen molar-refractivity contribution in [1.82, 2.24) is 9.97 Å². The van der Waals surface area contributed by atoms with Gasteiger partial charge in [0.2, 0.25) is 5.88 Å². The number of pyridine rings is 2. The van der Waals surface area contributed by atoms with Gasteiger partial charge in [-0.25, -0.2) is 4.98 Å². The van der Waals surface area contributed by atoms with Crippen LogP contribution in [-0.2, 0) is 0 Å². The predicted molar refractivity (Wildman–Crippen MR) is 97.8 cm³/mol. The maximum Gasteiger partial charge on any atom is 0.222 e. The molecular weight excluding hydrogens is 320 g/mol. The molecular formula is C19H18N2O2S. The molecule has 0 aliphatic heterocycles. The van der Waals surface area contributed by atoms with E-state index in [4.69, 9.17) is 9.47 Å². The molecule has 24 heavy (non-hydrogen) atoms. The van der Waals surface area contributed by atoms with Gasteiger partial charge in [-0.3, -0.25) is 4.98 Å². The number of thioether (sulfide) groups is 1. The first kappa shape index (κ1) is 16.3. The van der Waals surface area contributed by atoms with Crippen LogP contribution in [-0.4, -0.2) is 30.4 Å². The van der Waals surface area contributed by atoms with E-state index in [1.54, 1.807) is 32.2 Å². The molecule has 0 radical (unpaired) electrons. The lowest BCUT2D eigenvalue weighted by Gasteiger charge is -2.14. The fourth-order valence-electron chi connectivity index (χ4n) is 2.48. The summed E-state index contributed by atoms with van der Waals surface area (Å²) in [6, 6.07) is 15.7. The lowest BCUT2D eigenvalue weighted by Crippen LogP contribution is -1.97. The molecule has 0 aliphatic carbocycles. The summed E-state index contributed by atoms with van der Waals surface area (Å²) < 4.78 is 10.8. The molecule has 2 heterocycles. The predicted octanol–water partition coefficient (Wildman–Crippen LogP) is 4.55. The van der Waals surface area contributed by atoms with Crippen LogP contribution < -0.4 is 9.47 Å². The second-order valence-corrected chi connectivity index (χ2v) is 5.89. The zero-order valence-corrected chi connectivity index (χ0v) is 14.6. The first-order valence-corrected chi connectivity index (χ1v) is 8.68. The highest BCUT2D eigenvalue weighted by Crippen LogP contribution is 2.39. The number of aromatic nitrogens is 2. The quantitative estimate of drug-likeness (QED) is 0.639. The summed E-state index contributed by atoms with van der Waals surface area (Å²) in [6.45, 7) is 0. The Bertz CT molecular complexity index is 796. The van der Waals surface area contributed by atoms with Crippen LogP contribution in [0.15, 0.2) is 59.6 Å². The maximum atomic E-state index is 5.58. The number of methoxy groups -OCH3 is 2. The van der Waals surface area contributed by atoms with Crippen LogP contribution in [0.25, 0.3) is 22.5 Å². The lowest BCUT2D eigenvalue weighted by atomic mass is 10.1. The smallest absolute Gasteiger partial charge is 0.222 e. The Morgan fingerprint density at radius 1 is 0.917 bits per heavy atom. The van der Waals surface area contributed by atoms with E-state index in [1.807, 2.05) is 48.7 Å². The number of hydrogen-bond acceptors (Lipinski definition) is 5. The van der Waals surface area contributed by atoms with E-state index in [0.29, 0.717) is 5.88 Å². The monoisotopic (exact) mass is 338 g/mol. The topological polar surface area (TPSA) is 44.2 Å². The van der Waals surface area contributed by atoms with E-state index in [-0.39, 0.29) is 0 Å². The highest BCUT2D eigenvalue weighted by atomic mass is 32.2. The van der Waals surface area contributed by atoms with E-state index >= 15 is 0 Å². The van der Waals surface area contributed by atoms with Crippen molar-refractivity contribution in [3.8, 4) is 34.1 Å². The highest BCUT2D eigenvalue weighted by Gasteiger charge is 2.16. The van der Waals surface area contributed by atoms with Crippen molar-refractivity contribution in [2.24, 2.45) is 0 Å². The highest BCUT2D eigenvalue weighted by molar-refractivity contribution is 7.98. The molecule has 0 spiro atoms. The van der Waals surface area contributed by atoms with Crippen molar-refractivity contribution in [2.45, 2.75) is 4.90 Å². The standard InChI is InChI=1S/C19H18N2O2S/c1-22-14-9-7-13(8-10-14)18-17(24-3)12-16(21-19(18)23-2)15-6-4-5-11-20-15/h4-12H,1-3H3. The van der Waals surface area contributed by atoms with Crippen LogP contribution in [0.1, 0.15) is 0 Å². The van der Waals surface area contributed by atoms with Gasteiger partial charge >= 0.3 is 0 Å². The molecule has 0 saturated heterocycles. The van der Waals surface area contributed by atoms with Crippen LogP contribution in [0.4, 0.5) is 0 Å². The van der Waals surface area contributed by atoms with E-state index in [0.717, 1.165) is 33.2 Å². The van der Waals surface area contributed by atoms with Gasteiger partial charge in [-0.15, -0.1) is 11.8 Å². The molecule has 2 aromatic heterocycles. The zero-order valence-electron chi connectivity index (χ0n) is 13.8. The summed E-state index contributed by atoms with van der Waals surface area (Å²) in [6.07, 6.45) is 3.81. The molecule has 0 fully saturated rings. The Balaban J connectivity index is 2.15. The van der Waals surface area contributed by atoms with Crippen molar-refractivity contribution >= 4 is 11.8 Å². The van der Waals surface area contributed by atoms with E-state index in [2.05, 4.69) is 16.0 Å². The SMILES string of the molecule is COc1ccc(-c2c(SC)cc(-c3ccccn3)nc2OC)cc1. The van der Waals surface area contributed by atoms with Crippen molar-refractivity contribution < 1.29 is 9.47 Å². The van der Waals surface area contributed by atoms with Crippen LogP contribution in [0, 0.1) is 0 Å². The summed E-state index contributed by atoms with van der Waals surface area (Å²) in [5, 5.41) is 0. The van der Waals surface area contributed by atoms with Gasteiger partial charge in [-0.2, -0.15) is 0 Å². The van der Waals surface area contributed by atoms with Gasteiger partial charge in [0.1, 0.15) is 5.75 Å². The number of nitrogens with zero attached hydrogens (tertiary/aromatic N) is 2. The Morgan fingerprint density at radius 2 is 1.71 bits per heavy atom. The fourth-order valence-corrected chi connectivity index (χ4v) is 3.12. The molecule has 122 valence electrons. The molecule has 0 saturated carbocycles. The summed E-state index contributed by atoms with van der Waals surface area (Å²) in [4.78, 5) is 10.1. The van der Waals surface area contributed by atoms with Gasteiger partial charge in [0.25, 0.3) is 0 Å². The molecule has 0 aliphatic rings. The molecule has 0 N–H and O–H groups in total. The summed E-state index contributed by atoms with van der Waals surface area (Å²) in [5.74, 6) is 1.41. The number of benzene rings is 1. The molecule has 4 nitrogen and oxygen atoms in total. The number of rotatable bonds is 5. The maximum absolute atomic E-state index is 5.58. The third kappa shape index (κ3) is 3.21. The van der Waals surface area contributed by atoms with Crippen LogP contribution in [0.3, 0.4) is 0 Å². The Kier molecular flexibility index (Phi) is 5.01. The minimum Gasteiger partial charge on any atom is -0.497 e. The average molecular weight is 338 g/mol. The molecule has 5 heteroatoms. The number of hydrogen-bond donors (Lipinski definition) is 0. The normalized spacial score (nSPS) is 10.5. The van der Waals surface area contributed by atoms with Gasteiger partial charge in [-0.1, -0.05) is 18.2 Å². The largest absolute Gasteiger partial charge is 0.497 e. The first-order chi connectivity index (χ1) is 11.8. The molecule has 0 unspecified atom stereocenters. The third-order valence-corrected chi connectivity index (χ3v) is 4.43. The molecule has 1 aromatic carbocycles. The molecule has 3 aromatic rings. The summed E-state index contributed by atoms with van der Waals surface area (Å²) in [7, 11) is 3.30. The molecule has 0 amide bonds. The third-order valence-electron chi connectivity index (χ3n) is 3.67. The Labute approximate surface area is 145 Å². The lowest BCUT2D eigenvalue weighted by molar-refractivity contribution is 0.399. The minimum atomic E-state index is 0.590.